The summed E-state index contributed by atoms with van der Waals surface area (Å²) in [7, 11) is 0. The maximum absolute atomic E-state index is 12.0. The summed E-state index contributed by atoms with van der Waals surface area (Å²) in [6, 6.07) is 0. The molecular weight excluding hydrogens is 286 g/mol. The zero-order valence-corrected chi connectivity index (χ0v) is 11.9. The first-order valence-corrected chi connectivity index (χ1v) is 6.22. The average molecular weight is 305 g/mol. The molecule has 0 radical (unpaired) electrons. The van der Waals surface area contributed by atoms with Crippen LogP contribution in [0.25, 0.3) is 0 Å². The zero-order valence-electron chi connectivity index (χ0n) is 11.9. The second-order valence-electron chi connectivity index (χ2n) is 5.02. The molecule has 1 amide bonds. The SMILES string of the molecule is CC(=O)N[C@]1(C(C)=O)[C@@H](O)[C@H](O)[C@@H](CO)OC1(O)C(C)=O. The maximum Gasteiger partial charge on any atom is 0.260 e. The molecule has 1 unspecified atom stereocenters. The van der Waals surface area contributed by atoms with Gasteiger partial charge in [-0.15, -0.1) is 0 Å². The molecule has 1 rings (SSSR count). The Kier molecular flexibility index (Phi) is 4.86. The molecule has 5 N–H and O–H groups in total. The number of Topliss-reactive ketones (excluding diaryl/α,β-unsaturated/α-hetero) is 2. The van der Waals surface area contributed by atoms with E-state index in [1.807, 2.05) is 5.32 Å². The predicted molar refractivity (Wildman–Crippen MR) is 66.8 cm³/mol. The molecule has 21 heavy (non-hydrogen) atoms. The third kappa shape index (κ3) is 2.47. The monoisotopic (exact) mass is 305 g/mol. The molecule has 120 valence electrons. The highest BCUT2D eigenvalue weighted by Crippen LogP contribution is 2.38. The van der Waals surface area contributed by atoms with Crippen molar-refractivity contribution in [2.45, 2.75) is 50.4 Å². The van der Waals surface area contributed by atoms with Gasteiger partial charge in [0.25, 0.3) is 5.79 Å². The number of carbonyl (C=O) groups excluding carboxylic acids is 3. The van der Waals surface area contributed by atoms with Gasteiger partial charge in [0.05, 0.1) is 6.61 Å². The van der Waals surface area contributed by atoms with Gasteiger partial charge in [0.2, 0.25) is 5.91 Å². The third-order valence-corrected chi connectivity index (χ3v) is 3.59. The lowest BCUT2D eigenvalue weighted by Crippen LogP contribution is -2.83. The minimum absolute atomic E-state index is 0.818. The van der Waals surface area contributed by atoms with E-state index in [4.69, 9.17) is 9.84 Å². The normalized spacial score (nSPS) is 39.7. The van der Waals surface area contributed by atoms with Gasteiger partial charge in [0.15, 0.2) is 17.1 Å². The lowest BCUT2D eigenvalue weighted by molar-refractivity contribution is -0.320. The Morgan fingerprint density at radius 2 is 1.67 bits per heavy atom. The van der Waals surface area contributed by atoms with Crippen LogP contribution in [-0.2, 0) is 19.1 Å². The van der Waals surface area contributed by atoms with Crippen molar-refractivity contribution >= 4 is 17.5 Å². The van der Waals surface area contributed by atoms with E-state index in [0.29, 0.717) is 0 Å². The molecule has 0 aromatic rings. The van der Waals surface area contributed by atoms with Crippen molar-refractivity contribution in [3.63, 3.8) is 0 Å². The summed E-state index contributed by atoms with van der Waals surface area (Å²) >= 11 is 0. The van der Waals surface area contributed by atoms with Gasteiger partial charge in [0, 0.05) is 13.8 Å². The van der Waals surface area contributed by atoms with E-state index in [9.17, 15) is 29.7 Å². The number of nitrogens with one attached hydrogen (secondary N) is 1. The minimum Gasteiger partial charge on any atom is -0.394 e. The molecule has 9 heteroatoms. The summed E-state index contributed by atoms with van der Waals surface area (Å²) in [6.45, 7) is 1.99. The first-order chi connectivity index (χ1) is 9.54. The largest absolute Gasteiger partial charge is 0.394 e. The van der Waals surface area contributed by atoms with Gasteiger partial charge < -0.3 is 30.5 Å². The first kappa shape index (κ1) is 17.7. The summed E-state index contributed by atoms with van der Waals surface area (Å²) < 4.78 is 4.96. The van der Waals surface area contributed by atoms with Gasteiger partial charge >= 0.3 is 0 Å². The van der Waals surface area contributed by atoms with Gasteiger partial charge in [-0.2, -0.15) is 0 Å². The molecule has 1 fully saturated rings. The Hall–Kier alpha value is -1.39. The molecule has 0 aromatic carbocycles. The van der Waals surface area contributed by atoms with Gasteiger partial charge in [-0.05, 0) is 6.92 Å². The highest BCUT2D eigenvalue weighted by molar-refractivity contribution is 6.00. The number of aliphatic hydroxyl groups excluding tert-OH is 3. The van der Waals surface area contributed by atoms with Crippen LogP contribution in [0.3, 0.4) is 0 Å². The summed E-state index contributed by atoms with van der Waals surface area (Å²) in [6.07, 6.45) is -5.36. The molecule has 0 spiro atoms. The Morgan fingerprint density at radius 1 is 1.14 bits per heavy atom. The van der Waals surface area contributed by atoms with E-state index in [0.717, 1.165) is 20.8 Å². The summed E-state index contributed by atoms with van der Waals surface area (Å²) in [5, 5.41) is 41.7. The maximum atomic E-state index is 12.0. The number of carbonyl (C=O) groups is 3. The second kappa shape index (κ2) is 5.78. The lowest BCUT2D eigenvalue weighted by Gasteiger charge is -2.53. The molecule has 1 aliphatic heterocycles. The molecule has 9 nitrogen and oxygen atoms in total. The van der Waals surface area contributed by atoms with Crippen molar-refractivity contribution < 1.29 is 39.5 Å². The van der Waals surface area contributed by atoms with Crippen LogP contribution in [0.4, 0.5) is 0 Å². The van der Waals surface area contributed by atoms with Crippen molar-refractivity contribution in [1.82, 2.24) is 5.32 Å². The molecule has 1 aliphatic rings. The molecule has 1 heterocycles. The topological polar surface area (TPSA) is 153 Å². The Labute approximate surface area is 120 Å². The number of hydrogen-bond acceptors (Lipinski definition) is 8. The zero-order chi connectivity index (χ0) is 16.6. The summed E-state index contributed by atoms with van der Waals surface area (Å²) in [5.74, 6) is -5.81. The fraction of sp³-hybridized carbons (Fsp3) is 0.750. The van der Waals surface area contributed by atoms with Gasteiger partial charge in [0.1, 0.15) is 18.3 Å². The molecule has 1 saturated heterocycles. The second-order valence-corrected chi connectivity index (χ2v) is 5.02. The van der Waals surface area contributed by atoms with Crippen LogP contribution >= 0.6 is 0 Å². The first-order valence-electron chi connectivity index (χ1n) is 6.22. The number of ketones is 2. The fourth-order valence-electron chi connectivity index (χ4n) is 2.52. The predicted octanol–water partition coefficient (Wildman–Crippen LogP) is -3.16. The van der Waals surface area contributed by atoms with Crippen molar-refractivity contribution in [3.8, 4) is 0 Å². The van der Waals surface area contributed by atoms with Crippen LogP contribution in [0.15, 0.2) is 0 Å². The highest BCUT2D eigenvalue weighted by atomic mass is 16.7. The minimum atomic E-state index is -2.92. The Bertz CT molecular complexity index is 466. The average Bonchev–Trinajstić information content (AvgIpc) is 2.38. The quantitative estimate of drug-likeness (QED) is 0.365. The molecule has 0 aromatic heterocycles. The van der Waals surface area contributed by atoms with Gasteiger partial charge in [-0.3, -0.25) is 14.4 Å². The molecule has 5 atom stereocenters. The van der Waals surface area contributed by atoms with Crippen LogP contribution in [0.1, 0.15) is 20.8 Å². The van der Waals surface area contributed by atoms with Crippen molar-refractivity contribution in [3.05, 3.63) is 0 Å². The Balaban J connectivity index is 3.55. The molecule has 0 aliphatic carbocycles. The van der Waals surface area contributed by atoms with Crippen LogP contribution < -0.4 is 5.32 Å². The number of ether oxygens (including phenoxy) is 1. The van der Waals surface area contributed by atoms with Gasteiger partial charge in [-0.25, -0.2) is 0 Å². The molecule has 0 saturated carbocycles. The van der Waals surface area contributed by atoms with E-state index in [1.165, 1.54) is 0 Å². The lowest BCUT2D eigenvalue weighted by atomic mass is 9.72. The van der Waals surface area contributed by atoms with Crippen molar-refractivity contribution in [2.24, 2.45) is 0 Å². The standard InChI is InChI=1S/C12H19NO8/c1-5(15)11(13-7(3)17)10(19)9(18)8(4-14)21-12(11,20)6(2)16/h8-10,14,18-20H,4H2,1-3H3,(H,13,17)/t8-,9-,10+,11-,12?/m1/s1. The van der Waals surface area contributed by atoms with E-state index in [1.54, 1.807) is 0 Å². The van der Waals surface area contributed by atoms with Crippen molar-refractivity contribution in [1.29, 1.82) is 0 Å². The smallest absolute Gasteiger partial charge is 0.260 e. The summed E-state index contributed by atoms with van der Waals surface area (Å²) in [5.41, 5.74) is -2.57. The summed E-state index contributed by atoms with van der Waals surface area (Å²) in [4.78, 5) is 35.1. The van der Waals surface area contributed by atoms with Crippen LogP contribution in [0.2, 0.25) is 0 Å². The van der Waals surface area contributed by atoms with E-state index >= 15 is 0 Å². The number of amides is 1. The molecular formula is C12H19NO8. The van der Waals surface area contributed by atoms with Crippen LogP contribution in [0, 0.1) is 0 Å². The Morgan fingerprint density at radius 3 is 2.00 bits per heavy atom. The third-order valence-electron chi connectivity index (χ3n) is 3.59. The fourth-order valence-corrected chi connectivity index (χ4v) is 2.52. The van der Waals surface area contributed by atoms with E-state index < -0.39 is 53.7 Å². The number of rotatable bonds is 4. The molecule has 0 bridgehead atoms. The van der Waals surface area contributed by atoms with Crippen LogP contribution in [0.5, 0.6) is 0 Å². The van der Waals surface area contributed by atoms with Crippen molar-refractivity contribution in [2.75, 3.05) is 6.61 Å². The highest BCUT2D eigenvalue weighted by Gasteiger charge is 2.69. The number of hydrogen-bond donors (Lipinski definition) is 5. The number of aliphatic hydroxyl groups is 4. The van der Waals surface area contributed by atoms with E-state index in [-0.39, 0.29) is 0 Å². The van der Waals surface area contributed by atoms with E-state index in [2.05, 4.69) is 0 Å². The van der Waals surface area contributed by atoms with Gasteiger partial charge in [-0.1, -0.05) is 0 Å². The van der Waals surface area contributed by atoms with Crippen LogP contribution in [-0.4, -0.2) is 74.1 Å².